The van der Waals surface area contributed by atoms with Gasteiger partial charge in [0.25, 0.3) is 0 Å². The molecule has 11 heteroatoms. The van der Waals surface area contributed by atoms with Crippen LogP contribution in [-0.2, 0) is 22.5 Å². The quantitative estimate of drug-likeness (QED) is 0.288. The molecule has 0 radical (unpaired) electrons. The Labute approximate surface area is 281 Å². The molecule has 0 spiro atoms. The van der Waals surface area contributed by atoms with Crippen LogP contribution in [0, 0.1) is 22.7 Å². The predicted octanol–water partition coefficient (Wildman–Crippen LogP) is 4.70. The van der Waals surface area contributed by atoms with Gasteiger partial charge in [-0.15, -0.1) is 0 Å². The second-order valence-electron chi connectivity index (χ2n) is 13.7. The van der Waals surface area contributed by atoms with Crippen molar-refractivity contribution in [3.05, 3.63) is 65.3 Å². The largest absolute Gasteiger partial charge is 0.463 e. The van der Waals surface area contributed by atoms with Crippen molar-refractivity contribution in [2.75, 3.05) is 69.4 Å². The minimum absolute atomic E-state index is 0.100. The van der Waals surface area contributed by atoms with Gasteiger partial charge in [-0.05, 0) is 49.4 Å². The van der Waals surface area contributed by atoms with Crippen LogP contribution in [0.25, 0.3) is 10.8 Å². The summed E-state index contributed by atoms with van der Waals surface area (Å²) in [5.74, 6) is 1.41. The summed E-state index contributed by atoms with van der Waals surface area (Å²) in [5.41, 5.74) is 2.99. The van der Waals surface area contributed by atoms with E-state index in [1.165, 1.54) is 12.5 Å². The number of carbonyl (C=O) groups is 1. The smallest absolute Gasteiger partial charge is 0.318 e. The highest BCUT2D eigenvalue weighted by Crippen LogP contribution is 2.39. The predicted molar refractivity (Wildman–Crippen MR) is 183 cm³/mol. The number of nitrogens with zero attached hydrogens (tertiary/aromatic N) is 7. The van der Waals surface area contributed by atoms with E-state index in [9.17, 15) is 10.1 Å². The molecule has 3 unspecified atom stereocenters. The van der Waals surface area contributed by atoms with Crippen molar-refractivity contribution in [1.29, 1.82) is 5.26 Å². The van der Waals surface area contributed by atoms with E-state index in [2.05, 4.69) is 65.6 Å². The third-order valence-electron chi connectivity index (χ3n) is 10.3. The number of hydrogen-bond donors (Lipinski definition) is 0. The van der Waals surface area contributed by atoms with E-state index in [0.29, 0.717) is 58.1 Å². The average molecular weight is 656 g/mol. The first-order valence-electron chi connectivity index (χ1n) is 16.6. The lowest BCUT2D eigenvalue weighted by molar-refractivity contribution is -0.143. The number of ether oxygens (including phenoxy) is 2. The van der Waals surface area contributed by atoms with Crippen molar-refractivity contribution in [3.8, 4) is 12.1 Å². The van der Waals surface area contributed by atoms with Crippen molar-refractivity contribution in [1.82, 2.24) is 19.8 Å². The van der Waals surface area contributed by atoms with E-state index in [1.54, 1.807) is 4.90 Å². The number of fused-ring (bicyclic) bond motifs is 2. The van der Waals surface area contributed by atoms with Crippen LogP contribution in [0.3, 0.4) is 0 Å². The van der Waals surface area contributed by atoms with Gasteiger partial charge in [-0.2, -0.15) is 15.2 Å². The maximum atomic E-state index is 12.6. The fourth-order valence-corrected chi connectivity index (χ4v) is 7.87. The molecule has 1 amide bonds. The number of benzene rings is 2. The lowest BCUT2D eigenvalue weighted by atomic mass is 9.86. The van der Waals surface area contributed by atoms with Crippen molar-refractivity contribution in [2.45, 2.75) is 44.8 Å². The zero-order valence-electron chi connectivity index (χ0n) is 27.2. The summed E-state index contributed by atoms with van der Waals surface area (Å²) in [4.78, 5) is 31.5. The Balaban J connectivity index is 1.20. The molecule has 3 atom stereocenters. The zero-order valence-corrected chi connectivity index (χ0v) is 28.0. The van der Waals surface area contributed by atoms with E-state index in [4.69, 9.17) is 31.0 Å². The SMILES string of the molecule is C=CC(=O)N1CCN(c2nc(OCC3(CN(C)C4CC4C)COC3)nc3c2CCN(c2cccc4cccc(Cl)c24)C3)CC1CC#N. The highest BCUT2D eigenvalue weighted by atomic mass is 35.5. The number of carbonyl (C=O) groups excluding carboxylic acids is 1. The molecule has 1 aromatic heterocycles. The number of anilines is 2. The first-order chi connectivity index (χ1) is 22.8. The van der Waals surface area contributed by atoms with Crippen molar-refractivity contribution in [3.63, 3.8) is 0 Å². The second kappa shape index (κ2) is 12.9. The molecule has 1 saturated carbocycles. The second-order valence-corrected chi connectivity index (χ2v) is 14.1. The Morgan fingerprint density at radius 2 is 2.00 bits per heavy atom. The molecule has 2 saturated heterocycles. The van der Waals surface area contributed by atoms with Gasteiger partial charge >= 0.3 is 6.01 Å². The van der Waals surface area contributed by atoms with Crippen LogP contribution >= 0.6 is 11.6 Å². The number of aromatic nitrogens is 2. The molecular weight excluding hydrogens is 614 g/mol. The third-order valence-corrected chi connectivity index (χ3v) is 10.6. The maximum absolute atomic E-state index is 12.6. The number of amides is 1. The fraction of sp³-hybridized carbons (Fsp3) is 0.500. The van der Waals surface area contributed by atoms with Crippen LogP contribution in [0.4, 0.5) is 11.5 Å². The van der Waals surface area contributed by atoms with Gasteiger partial charge in [0.2, 0.25) is 5.91 Å². The number of hydrogen-bond acceptors (Lipinski definition) is 9. The summed E-state index contributed by atoms with van der Waals surface area (Å²) in [6, 6.07) is 15.3. The summed E-state index contributed by atoms with van der Waals surface area (Å²) >= 11 is 6.74. The molecule has 3 aliphatic heterocycles. The topological polar surface area (TPSA) is 98.1 Å². The van der Waals surface area contributed by atoms with Crippen molar-refractivity contribution in [2.24, 2.45) is 11.3 Å². The van der Waals surface area contributed by atoms with E-state index in [1.807, 2.05) is 12.1 Å². The Hall–Kier alpha value is -3.91. The van der Waals surface area contributed by atoms with Crippen LogP contribution in [-0.4, -0.2) is 97.4 Å². The van der Waals surface area contributed by atoms with Crippen molar-refractivity contribution < 1.29 is 14.3 Å². The lowest BCUT2D eigenvalue weighted by Crippen LogP contribution is -2.55. The molecule has 3 fully saturated rings. The van der Waals surface area contributed by atoms with E-state index < -0.39 is 0 Å². The van der Waals surface area contributed by atoms with Crippen LogP contribution < -0.4 is 14.5 Å². The monoisotopic (exact) mass is 655 g/mol. The number of rotatable bonds is 10. The fourth-order valence-electron chi connectivity index (χ4n) is 7.59. The third kappa shape index (κ3) is 6.24. The Kier molecular flexibility index (Phi) is 8.73. The van der Waals surface area contributed by atoms with Crippen molar-refractivity contribution >= 4 is 39.8 Å². The molecule has 3 aromatic rings. The van der Waals surface area contributed by atoms with Crippen LogP contribution in [0.2, 0.25) is 5.02 Å². The minimum atomic E-state index is -0.261. The van der Waals surface area contributed by atoms with Gasteiger partial charge < -0.3 is 29.1 Å². The van der Waals surface area contributed by atoms with E-state index in [0.717, 1.165) is 64.0 Å². The average Bonchev–Trinajstić information content (AvgIpc) is 3.81. The molecule has 47 heavy (non-hydrogen) atoms. The summed E-state index contributed by atoms with van der Waals surface area (Å²) in [6.45, 7) is 11.6. The Morgan fingerprint density at radius 3 is 2.70 bits per heavy atom. The van der Waals surface area contributed by atoms with Gasteiger partial charge in [0.05, 0.1) is 54.4 Å². The molecule has 1 aliphatic carbocycles. The van der Waals surface area contributed by atoms with Gasteiger partial charge in [0, 0.05) is 55.4 Å². The van der Waals surface area contributed by atoms with Gasteiger partial charge in [-0.1, -0.05) is 49.4 Å². The number of halogens is 1. The molecular formula is C36H42ClN7O3. The normalized spacial score (nSPS) is 23.2. The zero-order chi connectivity index (χ0) is 32.7. The standard InChI is InChI=1S/C36H42ClN7O3/c1-4-32(45)44-16-15-43(18-26(44)11-13-38)34-27-12-14-42(30-10-6-8-25-7-5-9-28(37)33(25)30)19-29(27)39-35(40-34)47-23-36(21-46-22-36)20-41(3)31-17-24(31)2/h4-10,24,26,31H,1,11-12,14-23H2,2-3H3. The summed E-state index contributed by atoms with van der Waals surface area (Å²) < 4.78 is 12.2. The van der Waals surface area contributed by atoms with Crippen LogP contribution in [0.15, 0.2) is 49.1 Å². The lowest BCUT2D eigenvalue weighted by Gasteiger charge is -2.43. The van der Waals surface area contributed by atoms with Gasteiger partial charge in [-0.3, -0.25) is 4.79 Å². The summed E-state index contributed by atoms with van der Waals surface area (Å²) in [7, 11) is 2.20. The molecule has 4 heterocycles. The molecule has 0 N–H and O–H groups in total. The van der Waals surface area contributed by atoms with Gasteiger partial charge in [0.1, 0.15) is 12.4 Å². The minimum Gasteiger partial charge on any atom is -0.463 e. The molecule has 2 aromatic carbocycles. The maximum Gasteiger partial charge on any atom is 0.318 e. The first kappa shape index (κ1) is 31.7. The molecule has 10 nitrogen and oxygen atoms in total. The Morgan fingerprint density at radius 1 is 1.21 bits per heavy atom. The summed E-state index contributed by atoms with van der Waals surface area (Å²) in [5, 5.41) is 12.5. The molecule has 7 rings (SSSR count). The molecule has 246 valence electrons. The molecule has 4 aliphatic rings. The summed E-state index contributed by atoms with van der Waals surface area (Å²) in [6.07, 6.45) is 3.54. The van der Waals surface area contributed by atoms with Crippen LogP contribution in [0.5, 0.6) is 6.01 Å². The number of piperazine rings is 1. The van der Waals surface area contributed by atoms with E-state index in [-0.39, 0.29) is 23.8 Å². The van der Waals surface area contributed by atoms with Gasteiger partial charge in [0.15, 0.2) is 0 Å². The number of nitriles is 1. The highest BCUT2D eigenvalue weighted by Gasteiger charge is 2.45. The molecule has 0 bridgehead atoms. The highest BCUT2D eigenvalue weighted by molar-refractivity contribution is 6.36. The van der Waals surface area contributed by atoms with Crippen LogP contribution in [0.1, 0.15) is 31.0 Å². The first-order valence-corrected chi connectivity index (χ1v) is 16.9. The van der Waals surface area contributed by atoms with E-state index >= 15 is 0 Å². The Bertz CT molecular complexity index is 1720. The van der Waals surface area contributed by atoms with Gasteiger partial charge in [-0.25, -0.2) is 0 Å².